The molecule has 2 fully saturated rings. The van der Waals surface area contributed by atoms with Crippen LogP contribution in [0.1, 0.15) is 37.7 Å². The molecule has 1 aromatic rings. The number of piperidine rings is 1. The Bertz CT molecular complexity index is 448. The average Bonchev–Trinajstić information content (AvgIpc) is 3.17. The molecule has 0 amide bonds. The van der Waals surface area contributed by atoms with Gasteiger partial charge in [-0.1, -0.05) is 0 Å². The Hall–Kier alpha value is -1.22. The van der Waals surface area contributed by atoms with Gasteiger partial charge >= 0.3 is 0 Å². The Morgan fingerprint density at radius 1 is 1.21 bits per heavy atom. The fourth-order valence-corrected chi connectivity index (χ4v) is 2.99. The molecular formula is C16H24N2O. The molecule has 0 radical (unpaired) electrons. The third kappa shape index (κ3) is 2.86. The normalized spacial score (nSPS) is 21.3. The fourth-order valence-electron chi connectivity index (χ4n) is 2.99. The van der Waals surface area contributed by atoms with Crippen molar-refractivity contribution in [2.45, 2.75) is 44.1 Å². The van der Waals surface area contributed by atoms with Crippen molar-refractivity contribution in [1.29, 1.82) is 0 Å². The molecule has 3 nitrogen and oxygen atoms in total. The highest BCUT2D eigenvalue weighted by Gasteiger charge is 2.38. The van der Waals surface area contributed by atoms with Crippen LogP contribution in [-0.2, 0) is 6.42 Å². The summed E-state index contributed by atoms with van der Waals surface area (Å²) in [4.78, 5) is 2.52. The van der Waals surface area contributed by atoms with E-state index in [0.717, 1.165) is 25.0 Å². The molecule has 0 unspecified atom stereocenters. The first-order valence-corrected chi connectivity index (χ1v) is 7.41. The first kappa shape index (κ1) is 12.8. The van der Waals surface area contributed by atoms with Crippen LogP contribution in [0.25, 0.3) is 0 Å². The Balaban J connectivity index is 1.87. The van der Waals surface area contributed by atoms with Crippen molar-refractivity contribution in [1.82, 2.24) is 0 Å². The predicted molar refractivity (Wildman–Crippen MR) is 78.9 cm³/mol. The molecule has 0 bridgehead atoms. The Kier molecular flexibility index (Phi) is 3.40. The van der Waals surface area contributed by atoms with Gasteiger partial charge in [0.1, 0.15) is 5.75 Å². The number of nitrogens with zero attached hydrogens (tertiary/aromatic N) is 1. The molecule has 1 saturated carbocycles. The van der Waals surface area contributed by atoms with Crippen LogP contribution in [0.3, 0.4) is 0 Å². The zero-order valence-electron chi connectivity index (χ0n) is 11.8. The van der Waals surface area contributed by atoms with Crippen molar-refractivity contribution in [3.05, 3.63) is 23.8 Å². The van der Waals surface area contributed by atoms with Gasteiger partial charge in [-0.2, -0.15) is 0 Å². The molecule has 19 heavy (non-hydrogen) atoms. The first-order chi connectivity index (χ1) is 9.20. The highest BCUT2D eigenvalue weighted by Crippen LogP contribution is 2.39. The minimum absolute atomic E-state index is 0.0525. The quantitative estimate of drug-likeness (QED) is 0.904. The maximum atomic E-state index is 6.31. The van der Waals surface area contributed by atoms with Crippen LogP contribution in [0.5, 0.6) is 5.75 Å². The van der Waals surface area contributed by atoms with E-state index in [-0.39, 0.29) is 5.54 Å². The van der Waals surface area contributed by atoms with Gasteiger partial charge in [0, 0.05) is 24.3 Å². The molecule has 1 aromatic carbocycles. The van der Waals surface area contributed by atoms with Crippen LogP contribution in [0, 0.1) is 0 Å². The lowest BCUT2D eigenvalue weighted by Crippen LogP contribution is -2.32. The first-order valence-electron chi connectivity index (χ1n) is 7.41. The molecule has 1 aliphatic carbocycles. The molecule has 104 valence electrons. The molecular weight excluding hydrogens is 236 g/mol. The lowest BCUT2D eigenvalue weighted by Gasteiger charge is -2.31. The number of methoxy groups -OCH3 is 1. The summed E-state index contributed by atoms with van der Waals surface area (Å²) in [7, 11) is 1.73. The van der Waals surface area contributed by atoms with E-state index in [1.54, 1.807) is 7.11 Å². The largest absolute Gasteiger partial charge is 0.497 e. The maximum absolute atomic E-state index is 6.31. The lowest BCUT2D eigenvalue weighted by molar-refractivity contribution is 0.414. The SMILES string of the molecule is COc1ccc(N2CCCCC2)c(CC2(N)CC2)c1. The molecule has 2 aliphatic rings. The van der Waals surface area contributed by atoms with Crippen LogP contribution >= 0.6 is 0 Å². The second-order valence-corrected chi connectivity index (χ2v) is 6.08. The van der Waals surface area contributed by atoms with Gasteiger partial charge in [-0.15, -0.1) is 0 Å². The molecule has 1 saturated heterocycles. The van der Waals surface area contributed by atoms with Crippen LogP contribution in [0.2, 0.25) is 0 Å². The van der Waals surface area contributed by atoms with Gasteiger partial charge in [-0.25, -0.2) is 0 Å². The van der Waals surface area contributed by atoms with Crippen LogP contribution in [-0.4, -0.2) is 25.7 Å². The van der Waals surface area contributed by atoms with E-state index < -0.39 is 0 Å². The van der Waals surface area contributed by atoms with E-state index in [0.29, 0.717) is 0 Å². The number of anilines is 1. The van der Waals surface area contributed by atoms with Crippen molar-refractivity contribution < 1.29 is 4.74 Å². The van der Waals surface area contributed by atoms with E-state index in [4.69, 9.17) is 10.5 Å². The number of rotatable bonds is 4. The van der Waals surface area contributed by atoms with Gasteiger partial charge in [0.05, 0.1) is 7.11 Å². The molecule has 0 aromatic heterocycles. The van der Waals surface area contributed by atoms with Crippen LogP contribution < -0.4 is 15.4 Å². The lowest BCUT2D eigenvalue weighted by atomic mass is 10.00. The van der Waals surface area contributed by atoms with E-state index in [1.165, 1.54) is 43.6 Å². The molecule has 0 spiro atoms. The number of hydrogen-bond acceptors (Lipinski definition) is 3. The zero-order chi connectivity index (χ0) is 13.3. The summed E-state index contributed by atoms with van der Waals surface area (Å²) in [6.07, 6.45) is 7.27. The highest BCUT2D eigenvalue weighted by molar-refractivity contribution is 5.57. The monoisotopic (exact) mass is 260 g/mol. The maximum Gasteiger partial charge on any atom is 0.119 e. The second kappa shape index (κ2) is 5.04. The molecule has 3 heteroatoms. The van der Waals surface area contributed by atoms with Gasteiger partial charge in [0.15, 0.2) is 0 Å². The number of ether oxygens (including phenoxy) is 1. The van der Waals surface area contributed by atoms with Gasteiger partial charge in [-0.3, -0.25) is 0 Å². The van der Waals surface area contributed by atoms with Crippen molar-refractivity contribution in [2.24, 2.45) is 5.73 Å². The fraction of sp³-hybridized carbons (Fsp3) is 0.625. The average molecular weight is 260 g/mol. The Labute approximate surface area is 115 Å². The third-order valence-corrected chi connectivity index (χ3v) is 4.42. The molecule has 3 rings (SSSR count). The van der Waals surface area contributed by atoms with Crippen molar-refractivity contribution >= 4 is 5.69 Å². The Morgan fingerprint density at radius 2 is 1.95 bits per heavy atom. The Morgan fingerprint density at radius 3 is 2.58 bits per heavy atom. The standard InChI is InChI=1S/C16H24N2O/c1-19-14-5-6-15(18-9-3-2-4-10-18)13(11-14)12-16(17)7-8-16/h5-6,11H,2-4,7-10,12,17H2,1H3. The summed E-state index contributed by atoms with van der Waals surface area (Å²) in [6, 6.07) is 6.46. The summed E-state index contributed by atoms with van der Waals surface area (Å²) < 4.78 is 5.37. The van der Waals surface area contributed by atoms with Gasteiger partial charge in [0.25, 0.3) is 0 Å². The summed E-state index contributed by atoms with van der Waals surface area (Å²) in [5, 5.41) is 0. The summed E-state index contributed by atoms with van der Waals surface area (Å²) in [5.74, 6) is 0.944. The van der Waals surface area contributed by atoms with Gasteiger partial charge in [-0.05, 0) is 62.3 Å². The van der Waals surface area contributed by atoms with Crippen molar-refractivity contribution in [3.8, 4) is 5.75 Å². The topological polar surface area (TPSA) is 38.5 Å². The van der Waals surface area contributed by atoms with Crippen molar-refractivity contribution in [3.63, 3.8) is 0 Å². The summed E-state index contributed by atoms with van der Waals surface area (Å²) in [6.45, 7) is 2.35. The van der Waals surface area contributed by atoms with Crippen molar-refractivity contribution in [2.75, 3.05) is 25.1 Å². The molecule has 1 aliphatic heterocycles. The number of benzene rings is 1. The zero-order valence-corrected chi connectivity index (χ0v) is 11.8. The molecule has 1 heterocycles. The van der Waals surface area contributed by atoms with E-state index in [2.05, 4.69) is 23.1 Å². The van der Waals surface area contributed by atoms with Crippen LogP contribution in [0.15, 0.2) is 18.2 Å². The van der Waals surface area contributed by atoms with Gasteiger partial charge < -0.3 is 15.4 Å². The smallest absolute Gasteiger partial charge is 0.119 e. The number of nitrogens with two attached hydrogens (primary N) is 1. The van der Waals surface area contributed by atoms with Gasteiger partial charge in [0.2, 0.25) is 0 Å². The second-order valence-electron chi connectivity index (χ2n) is 6.08. The molecule has 2 N–H and O–H groups in total. The van der Waals surface area contributed by atoms with E-state index in [9.17, 15) is 0 Å². The highest BCUT2D eigenvalue weighted by atomic mass is 16.5. The summed E-state index contributed by atoms with van der Waals surface area (Å²) in [5.41, 5.74) is 9.10. The molecule has 0 atom stereocenters. The van der Waals surface area contributed by atoms with E-state index in [1.807, 2.05) is 0 Å². The predicted octanol–water partition coefficient (Wildman–Crippen LogP) is 2.72. The number of hydrogen-bond donors (Lipinski definition) is 1. The minimum Gasteiger partial charge on any atom is -0.497 e. The minimum atomic E-state index is 0.0525. The third-order valence-electron chi connectivity index (χ3n) is 4.42. The van der Waals surface area contributed by atoms with E-state index >= 15 is 0 Å². The van der Waals surface area contributed by atoms with Crippen LogP contribution in [0.4, 0.5) is 5.69 Å². The summed E-state index contributed by atoms with van der Waals surface area (Å²) >= 11 is 0.